The molecule has 0 bridgehead atoms. The van der Waals surface area contributed by atoms with Crippen LogP contribution in [0.3, 0.4) is 0 Å². The highest BCUT2D eigenvalue weighted by molar-refractivity contribution is 5.94. The van der Waals surface area contributed by atoms with E-state index in [1.165, 1.54) is 5.56 Å². The number of benzene rings is 2. The second-order valence-electron chi connectivity index (χ2n) is 7.14. The molecular weight excluding hydrogens is 326 g/mol. The van der Waals surface area contributed by atoms with Crippen LogP contribution in [0.1, 0.15) is 41.3 Å². The molecule has 0 aromatic heterocycles. The molecule has 1 aliphatic rings. The second kappa shape index (κ2) is 8.37. The molecule has 1 amide bonds. The molecule has 4 nitrogen and oxygen atoms in total. The molecule has 0 spiro atoms. The van der Waals surface area contributed by atoms with Crippen molar-refractivity contribution in [3.8, 4) is 5.75 Å². The summed E-state index contributed by atoms with van der Waals surface area (Å²) in [5, 5.41) is 0. The van der Waals surface area contributed by atoms with Crippen LogP contribution in [0, 0.1) is 6.92 Å². The zero-order chi connectivity index (χ0) is 18.5. The first-order valence-electron chi connectivity index (χ1n) is 9.23. The van der Waals surface area contributed by atoms with E-state index in [-0.39, 0.29) is 12.0 Å². The Morgan fingerprint density at radius 1 is 1.15 bits per heavy atom. The predicted octanol–water partition coefficient (Wildman–Crippen LogP) is 4.04. The lowest BCUT2D eigenvalue weighted by Gasteiger charge is -2.33. The van der Waals surface area contributed by atoms with Gasteiger partial charge in [-0.05, 0) is 42.7 Å². The summed E-state index contributed by atoms with van der Waals surface area (Å²) in [7, 11) is 0. The van der Waals surface area contributed by atoms with Crippen molar-refractivity contribution < 1.29 is 14.3 Å². The molecule has 2 aromatic rings. The molecule has 1 fully saturated rings. The summed E-state index contributed by atoms with van der Waals surface area (Å²) < 4.78 is 11.6. The normalized spacial score (nSPS) is 17.4. The van der Waals surface area contributed by atoms with Crippen LogP contribution in [-0.4, -0.2) is 43.2 Å². The molecule has 1 saturated heterocycles. The fraction of sp³-hybridized carbons (Fsp3) is 0.409. The summed E-state index contributed by atoms with van der Waals surface area (Å²) in [6.45, 7) is 8.51. The monoisotopic (exact) mass is 353 g/mol. The quantitative estimate of drug-likeness (QED) is 0.814. The number of carbonyl (C=O) groups excluding carboxylic acids is 1. The number of hydrogen-bond donors (Lipinski definition) is 0. The number of ether oxygens (including phenoxy) is 2. The van der Waals surface area contributed by atoms with E-state index < -0.39 is 0 Å². The summed E-state index contributed by atoms with van der Waals surface area (Å²) >= 11 is 0. The van der Waals surface area contributed by atoms with E-state index in [1.807, 2.05) is 48.2 Å². The van der Waals surface area contributed by atoms with Gasteiger partial charge in [-0.15, -0.1) is 0 Å². The standard InChI is InChI=1S/C22H27NO3/c1-16(2)18-8-10-20(11-9-18)26-15-21-14-23(12-13-25-21)22(24)19-6-4-17(3)5-7-19/h4-11,16,21H,12-15H2,1-3H3/t21-/m0/s1. The van der Waals surface area contributed by atoms with Crippen LogP contribution < -0.4 is 4.74 Å². The average Bonchev–Trinajstić information content (AvgIpc) is 2.67. The van der Waals surface area contributed by atoms with E-state index in [1.54, 1.807) is 0 Å². The molecule has 26 heavy (non-hydrogen) atoms. The second-order valence-corrected chi connectivity index (χ2v) is 7.14. The van der Waals surface area contributed by atoms with Crippen LogP contribution in [0.2, 0.25) is 0 Å². The molecule has 4 heteroatoms. The highest BCUT2D eigenvalue weighted by Crippen LogP contribution is 2.19. The van der Waals surface area contributed by atoms with Gasteiger partial charge in [-0.3, -0.25) is 4.79 Å². The lowest BCUT2D eigenvalue weighted by Crippen LogP contribution is -2.47. The first-order chi connectivity index (χ1) is 12.5. The van der Waals surface area contributed by atoms with Crippen molar-refractivity contribution in [2.75, 3.05) is 26.3 Å². The Labute approximate surface area is 155 Å². The lowest BCUT2D eigenvalue weighted by atomic mass is 10.0. The van der Waals surface area contributed by atoms with Crippen molar-refractivity contribution in [1.29, 1.82) is 0 Å². The average molecular weight is 353 g/mol. The molecule has 0 saturated carbocycles. The van der Waals surface area contributed by atoms with Gasteiger partial charge in [0, 0.05) is 12.1 Å². The minimum absolute atomic E-state index is 0.0552. The van der Waals surface area contributed by atoms with Gasteiger partial charge in [0.15, 0.2) is 0 Å². The summed E-state index contributed by atoms with van der Waals surface area (Å²) in [4.78, 5) is 14.5. The van der Waals surface area contributed by atoms with Gasteiger partial charge in [-0.1, -0.05) is 43.7 Å². The van der Waals surface area contributed by atoms with Gasteiger partial charge in [-0.25, -0.2) is 0 Å². The summed E-state index contributed by atoms with van der Waals surface area (Å²) in [5.74, 6) is 1.40. The number of morpholine rings is 1. The first kappa shape index (κ1) is 18.5. The van der Waals surface area contributed by atoms with Crippen molar-refractivity contribution in [3.05, 3.63) is 65.2 Å². The van der Waals surface area contributed by atoms with E-state index in [4.69, 9.17) is 9.47 Å². The van der Waals surface area contributed by atoms with E-state index in [0.29, 0.717) is 32.2 Å². The van der Waals surface area contributed by atoms with Crippen molar-refractivity contribution in [2.45, 2.75) is 32.8 Å². The van der Waals surface area contributed by atoms with Gasteiger partial charge in [0.1, 0.15) is 18.5 Å². The SMILES string of the molecule is Cc1ccc(C(=O)N2CCO[C@H](COc3ccc(C(C)C)cc3)C2)cc1. The van der Waals surface area contributed by atoms with Gasteiger partial charge in [-0.2, -0.15) is 0 Å². The molecule has 1 aliphatic heterocycles. The highest BCUT2D eigenvalue weighted by atomic mass is 16.5. The smallest absolute Gasteiger partial charge is 0.254 e. The van der Waals surface area contributed by atoms with E-state index in [9.17, 15) is 4.79 Å². The van der Waals surface area contributed by atoms with Crippen molar-refractivity contribution in [2.24, 2.45) is 0 Å². The number of hydrogen-bond acceptors (Lipinski definition) is 3. The third-order valence-corrected chi connectivity index (χ3v) is 4.71. The molecule has 0 radical (unpaired) electrons. The van der Waals surface area contributed by atoms with Crippen LogP contribution in [0.15, 0.2) is 48.5 Å². The number of amides is 1. The summed E-state index contributed by atoms with van der Waals surface area (Å²) in [6.07, 6.45) is -0.108. The Bertz CT molecular complexity index is 722. The Hall–Kier alpha value is -2.33. The lowest BCUT2D eigenvalue weighted by molar-refractivity contribution is -0.0401. The molecule has 0 aliphatic carbocycles. The topological polar surface area (TPSA) is 38.8 Å². The van der Waals surface area contributed by atoms with Crippen molar-refractivity contribution in [3.63, 3.8) is 0 Å². The van der Waals surface area contributed by atoms with Crippen LogP contribution in [0.25, 0.3) is 0 Å². The van der Waals surface area contributed by atoms with E-state index >= 15 is 0 Å². The minimum Gasteiger partial charge on any atom is -0.491 e. The molecule has 2 aromatic carbocycles. The van der Waals surface area contributed by atoms with Gasteiger partial charge in [0.2, 0.25) is 0 Å². The van der Waals surface area contributed by atoms with Crippen LogP contribution in [-0.2, 0) is 4.74 Å². The maximum atomic E-state index is 12.7. The number of rotatable bonds is 5. The van der Waals surface area contributed by atoms with E-state index in [2.05, 4.69) is 26.0 Å². The molecule has 138 valence electrons. The van der Waals surface area contributed by atoms with Gasteiger partial charge in [0.05, 0.1) is 13.2 Å². The fourth-order valence-corrected chi connectivity index (χ4v) is 3.02. The Kier molecular flexibility index (Phi) is 5.94. The highest BCUT2D eigenvalue weighted by Gasteiger charge is 2.25. The van der Waals surface area contributed by atoms with Crippen LogP contribution in [0.4, 0.5) is 0 Å². The summed E-state index contributed by atoms with van der Waals surface area (Å²) in [6, 6.07) is 15.9. The van der Waals surface area contributed by atoms with E-state index in [0.717, 1.165) is 16.9 Å². The maximum absolute atomic E-state index is 12.7. The van der Waals surface area contributed by atoms with Crippen LogP contribution >= 0.6 is 0 Å². The zero-order valence-electron chi connectivity index (χ0n) is 15.8. The largest absolute Gasteiger partial charge is 0.491 e. The Morgan fingerprint density at radius 3 is 2.50 bits per heavy atom. The van der Waals surface area contributed by atoms with Gasteiger partial charge in [0.25, 0.3) is 5.91 Å². The molecule has 1 atom stereocenters. The molecule has 3 rings (SSSR count). The van der Waals surface area contributed by atoms with Crippen molar-refractivity contribution in [1.82, 2.24) is 4.90 Å². The van der Waals surface area contributed by atoms with Crippen LogP contribution in [0.5, 0.6) is 5.75 Å². The number of aryl methyl sites for hydroxylation is 1. The molecule has 0 N–H and O–H groups in total. The number of nitrogens with zero attached hydrogens (tertiary/aromatic N) is 1. The van der Waals surface area contributed by atoms with Gasteiger partial charge >= 0.3 is 0 Å². The third-order valence-electron chi connectivity index (χ3n) is 4.71. The van der Waals surface area contributed by atoms with Gasteiger partial charge < -0.3 is 14.4 Å². The minimum atomic E-state index is -0.108. The zero-order valence-corrected chi connectivity index (χ0v) is 15.8. The fourth-order valence-electron chi connectivity index (χ4n) is 3.02. The molecule has 1 heterocycles. The molecule has 0 unspecified atom stereocenters. The summed E-state index contributed by atoms with van der Waals surface area (Å²) in [5.41, 5.74) is 3.17. The maximum Gasteiger partial charge on any atom is 0.254 e. The Balaban J connectivity index is 1.54. The Morgan fingerprint density at radius 2 is 1.85 bits per heavy atom. The number of carbonyl (C=O) groups is 1. The predicted molar refractivity (Wildman–Crippen MR) is 103 cm³/mol. The van der Waals surface area contributed by atoms with Crippen molar-refractivity contribution >= 4 is 5.91 Å². The third kappa shape index (κ3) is 4.64. The molecular formula is C22H27NO3. The first-order valence-corrected chi connectivity index (χ1v) is 9.23.